The Morgan fingerprint density at radius 2 is 1.86 bits per heavy atom. The van der Waals surface area contributed by atoms with E-state index in [1.807, 2.05) is 0 Å². The monoisotopic (exact) mass is 288 g/mol. The second-order valence-corrected chi connectivity index (χ2v) is 4.22. The van der Waals surface area contributed by atoms with Crippen molar-refractivity contribution in [3.05, 3.63) is 51.9 Å². The van der Waals surface area contributed by atoms with Crippen LogP contribution < -0.4 is 10.3 Å². The molecular formula is C14H12N2O5. The Hall–Kier alpha value is -2.96. The van der Waals surface area contributed by atoms with Gasteiger partial charge in [0.15, 0.2) is 5.78 Å². The molecule has 7 heteroatoms. The molecule has 0 amide bonds. The summed E-state index contributed by atoms with van der Waals surface area (Å²) in [4.78, 5) is 34.7. The topological polar surface area (TPSA) is 98.5 Å². The Labute approximate surface area is 119 Å². The van der Waals surface area contributed by atoms with Crippen LogP contribution in [0.15, 0.2) is 35.1 Å². The summed E-state index contributed by atoms with van der Waals surface area (Å²) in [7, 11) is 1.50. The van der Waals surface area contributed by atoms with Crippen LogP contribution in [0, 0.1) is 0 Å². The van der Waals surface area contributed by atoms with E-state index < -0.39 is 22.9 Å². The van der Waals surface area contributed by atoms with Gasteiger partial charge in [0, 0.05) is 6.92 Å². The van der Waals surface area contributed by atoms with E-state index in [0.717, 1.165) is 10.7 Å². The van der Waals surface area contributed by atoms with Crippen molar-refractivity contribution in [3.8, 4) is 11.4 Å². The van der Waals surface area contributed by atoms with Crippen LogP contribution in [0.1, 0.15) is 27.8 Å². The van der Waals surface area contributed by atoms with Crippen molar-refractivity contribution in [2.45, 2.75) is 6.92 Å². The standard InChI is InChI=1S/C14H12N2O5/c1-8(17)12-7-11(14(19)20)13(18)16(15-12)9-3-5-10(21-2)6-4-9/h3-7H,1-2H3,(H,19,20). The molecule has 0 bridgehead atoms. The Morgan fingerprint density at radius 3 is 2.33 bits per heavy atom. The number of hydrogen-bond donors (Lipinski definition) is 1. The summed E-state index contributed by atoms with van der Waals surface area (Å²) in [5.41, 5.74) is -1.07. The van der Waals surface area contributed by atoms with Gasteiger partial charge in [-0.15, -0.1) is 0 Å². The van der Waals surface area contributed by atoms with Gasteiger partial charge in [0.2, 0.25) is 0 Å². The fourth-order valence-electron chi connectivity index (χ4n) is 1.72. The highest BCUT2D eigenvalue weighted by Gasteiger charge is 2.17. The fraction of sp³-hybridized carbons (Fsp3) is 0.143. The molecule has 21 heavy (non-hydrogen) atoms. The third kappa shape index (κ3) is 2.81. The highest BCUT2D eigenvalue weighted by atomic mass is 16.5. The van der Waals surface area contributed by atoms with Crippen molar-refractivity contribution in [1.82, 2.24) is 9.78 Å². The first kappa shape index (κ1) is 14.4. The van der Waals surface area contributed by atoms with Crippen LogP contribution in [0.3, 0.4) is 0 Å². The molecule has 0 unspecified atom stereocenters. The number of carboxylic acids is 1. The molecule has 1 N–H and O–H groups in total. The lowest BCUT2D eigenvalue weighted by Crippen LogP contribution is -2.29. The van der Waals surface area contributed by atoms with E-state index >= 15 is 0 Å². The van der Waals surface area contributed by atoms with Gasteiger partial charge in [-0.05, 0) is 30.3 Å². The van der Waals surface area contributed by atoms with Crippen molar-refractivity contribution in [2.24, 2.45) is 0 Å². The summed E-state index contributed by atoms with van der Waals surface area (Å²) < 4.78 is 5.89. The van der Waals surface area contributed by atoms with E-state index in [2.05, 4.69) is 5.10 Å². The summed E-state index contributed by atoms with van der Waals surface area (Å²) in [5, 5.41) is 12.9. The van der Waals surface area contributed by atoms with E-state index in [0.29, 0.717) is 11.4 Å². The number of carbonyl (C=O) groups excluding carboxylic acids is 1. The van der Waals surface area contributed by atoms with Crippen LogP contribution in [0.25, 0.3) is 5.69 Å². The zero-order valence-corrected chi connectivity index (χ0v) is 11.4. The average molecular weight is 288 g/mol. The lowest BCUT2D eigenvalue weighted by molar-refractivity contribution is 0.0694. The van der Waals surface area contributed by atoms with Crippen LogP contribution >= 0.6 is 0 Å². The van der Waals surface area contributed by atoms with Gasteiger partial charge in [-0.3, -0.25) is 9.59 Å². The third-order valence-electron chi connectivity index (χ3n) is 2.82. The smallest absolute Gasteiger partial charge is 0.341 e. The number of Topliss-reactive ketones (excluding diaryl/α,β-unsaturated/α-hetero) is 1. The molecule has 0 aliphatic carbocycles. The van der Waals surface area contributed by atoms with Crippen molar-refractivity contribution in [1.29, 1.82) is 0 Å². The normalized spacial score (nSPS) is 10.2. The maximum absolute atomic E-state index is 12.1. The third-order valence-corrected chi connectivity index (χ3v) is 2.82. The molecule has 0 radical (unpaired) electrons. The van der Waals surface area contributed by atoms with Crippen LogP contribution in [-0.4, -0.2) is 33.7 Å². The Morgan fingerprint density at radius 1 is 1.24 bits per heavy atom. The molecule has 0 aliphatic heterocycles. The lowest BCUT2D eigenvalue weighted by atomic mass is 10.2. The van der Waals surface area contributed by atoms with Crippen molar-refractivity contribution in [2.75, 3.05) is 7.11 Å². The number of benzene rings is 1. The Kier molecular flexibility index (Phi) is 3.84. The first-order chi connectivity index (χ1) is 9.93. The number of aromatic carboxylic acids is 1. The molecule has 7 nitrogen and oxygen atoms in total. The van der Waals surface area contributed by atoms with Gasteiger partial charge in [0.1, 0.15) is 17.0 Å². The molecule has 1 aromatic carbocycles. The van der Waals surface area contributed by atoms with E-state index in [-0.39, 0.29) is 5.69 Å². The molecule has 0 fully saturated rings. The number of aromatic nitrogens is 2. The minimum atomic E-state index is -1.41. The minimum Gasteiger partial charge on any atom is -0.497 e. The fourth-order valence-corrected chi connectivity index (χ4v) is 1.72. The number of carboxylic acid groups (broad SMARTS) is 1. The molecule has 0 aliphatic rings. The summed E-state index contributed by atoms with van der Waals surface area (Å²) >= 11 is 0. The molecule has 0 atom stereocenters. The second-order valence-electron chi connectivity index (χ2n) is 4.22. The van der Waals surface area contributed by atoms with Gasteiger partial charge >= 0.3 is 5.97 Å². The molecule has 0 saturated heterocycles. The van der Waals surface area contributed by atoms with Gasteiger partial charge in [0.05, 0.1) is 12.8 Å². The van der Waals surface area contributed by atoms with Gasteiger partial charge in [-0.25, -0.2) is 4.79 Å². The first-order valence-corrected chi connectivity index (χ1v) is 5.97. The maximum atomic E-state index is 12.1. The molecule has 1 aromatic heterocycles. The van der Waals surface area contributed by atoms with Gasteiger partial charge in [-0.1, -0.05) is 0 Å². The van der Waals surface area contributed by atoms with Gasteiger partial charge < -0.3 is 9.84 Å². The van der Waals surface area contributed by atoms with Crippen molar-refractivity contribution in [3.63, 3.8) is 0 Å². The summed E-state index contributed by atoms with van der Waals surface area (Å²) in [6.45, 7) is 1.25. The van der Waals surface area contributed by atoms with Crippen molar-refractivity contribution >= 4 is 11.8 Å². The van der Waals surface area contributed by atoms with Crippen molar-refractivity contribution < 1.29 is 19.4 Å². The zero-order chi connectivity index (χ0) is 15.6. The molecule has 108 valence electrons. The van der Waals surface area contributed by atoms with Gasteiger partial charge in [-0.2, -0.15) is 9.78 Å². The predicted molar refractivity (Wildman–Crippen MR) is 73.3 cm³/mol. The SMILES string of the molecule is COc1ccc(-n2nc(C(C)=O)cc(C(=O)O)c2=O)cc1. The summed E-state index contributed by atoms with van der Waals surface area (Å²) in [5.74, 6) is -1.26. The highest BCUT2D eigenvalue weighted by Crippen LogP contribution is 2.13. The molecule has 2 rings (SSSR count). The van der Waals surface area contributed by atoms with Crippen LogP contribution in [0.2, 0.25) is 0 Å². The highest BCUT2D eigenvalue weighted by molar-refractivity contribution is 5.95. The summed E-state index contributed by atoms with van der Waals surface area (Å²) in [6, 6.07) is 7.27. The Bertz CT molecular complexity index is 762. The average Bonchev–Trinajstić information content (AvgIpc) is 2.47. The van der Waals surface area contributed by atoms with E-state index in [1.54, 1.807) is 24.3 Å². The van der Waals surface area contributed by atoms with E-state index in [9.17, 15) is 14.4 Å². The predicted octanol–water partition coefficient (Wildman–Crippen LogP) is 1.14. The van der Waals surface area contributed by atoms with Gasteiger partial charge in [0.25, 0.3) is 5.56 Å². The number of hydrogen-bond acceptors (Lipinski definition) is 5. The van der Waals surface area contributed by atoms with E-state index in [4.69, 9.17) is 9.84 Å². The van der Waals surface area contributed by atoms with Crippen LogP contribution in [-0.2, 0) is 0 Å². The quantitative estimate of drug-likeness (QED) is 0.847. The number of ether oxygens (including phenoxy) is 1. The number of methoxy groups -OCH3 is 1. The molecule has 0 spiro atoms. The molecule has 2 aromatic rings. The number of rotatable bonds is 4. The summed E-state index contributed by atoms with van der Waals surface area (Å²) in [6.07, 6.45) is 0. The van der Waals surface area contributed by atoms with Crippen LogP contribution in [0.4, 0.5) is 0 Å². The Balaban J connectivity index is 2.68. The largest absolute Gasteiger partial charge is 0.497 e. The van der Waals surface area contributed by atoms with E-state index in [1.165, 1.54) is 14.0 Å². The number of carbonyl (C=O) groups is 2. The molecule has 0 saturated carbocycles. The maximum Gasteiger partial charge on any atom is 0.341 e. The number of nitrogens with zero attached hydrogens (tertiary/aromatic N) is 2. The van der Waals surface area contributed by atoms with Crippen LogP contribution in [0.5, 0.6) is 5.75 Å². The first-order valence-electron chi connectivity index (χ1n) is 5.97. The minimum absolute atomic E-state index is 0.0946. The lowest BCUT2D eigenvalue weighted by Gasteiger charge is -2.08. The number of ketones is 1. The molecular weight excluding hydrogens is 276 g/mol. The second kappa shape index (κ2) is 5.58. The zero-order valence-electron chi connectivity index (χ0n) is 11.4. The molecule has 1 heterocycles.